The molecule has 0 spiro atoms. The highest BCUT2D eigenvalue weighted by molar-refractivity contribution is 4.98. The minimum atomic E-state index is -4.05. The summed E-state index contributed by atoms with van der Waals surface area (Å²) in [5, 5.41) is 3.12. The van der Waals surface area contributed by atoms with E-state index in [1.54, 1.807) is 14.0 Å². The maximum absolute atomic E-state index is 11.9. The van der Waals surface area contributed by atoms with Crippen molar-refractivity contribution in [3.05, 3.63) is 11.6 Å². The van der Waals surface area contributed by atoms with Crippen LogP contribution in [0.25, 0.3) is 0 Å². The quantitative estimate of drug-likeness (QED) is 0.519. The molecule has 0 aliphatic rings. The molecule has 0 fully saturated rings. The zero-order chi connectivity index (χ0) is 12.4. The Morgan fingerprint density at radius 1 is 1.31 bits per heavy atom. The second-order valence-corrected chi connectivity index (χ2v) is 3.70. The Hall–Kier alpha value is -0.550. The van der Waals surface area contributed by atoms with Crippen LogP contribution >= 0.6 is 0 Å². The fourth-order valence-electron chi connectivity index (χ4n) is 1.16. The van der Waals surface area contributed by atoms with Crippen molar-refractivity contribution in [2.45, 2.75) is 32.4 Å². The van der Waals surface area contributed by atoms with Crippen LogP contribution in [0.1, 0.15) is 26.2 Å². The van der Waals surface area contributed by atoms with Crippen molar-refractivity contribution < 1.29 is 17.9 Å². The van der Waals surface area contributed by atoms with Crippen LogP contribution in [0.4, 0.5) is 13.2 Å². The number of hydrogen-bond donors (Lipinski definition) is 1. The summed E-state index contributed by atoms with van der Waals surface area (Å²) in [6, 6.07) is 0. The van der Waals surface area contributed by atoms with Crippen LogP contribution in [0.2, 0.25) is 0 Å². The monoisotopic (exact) mass is 239 g/mol. The predicted octanol–water partition coefficient (Wildman–Crippen LogP) is 2.90. The van der Waals surface area contributed by atoms with Crippen LogP contribution < -0.4 is 5.32 Å². The number of allylic oxidation sites excluding steroid dienone is 1. The number of halogens is 3. The second-order valence-electron chi connectivity index (χ2n) is 3.70. The Balaban J connectivity index is 3.48. The molecule has 0 aromatic heterocycles. The number of rotatable bonds is 8. The molecule has 5 heteroatoms. The van der Waals surface area contributed by atoms with E-state index in [1.165, 1.54) is 0 Å². The summed E-state index contributed by atoms with van der Waals surface area (Å²) < 4.78 is 40.5. The number of alkyl halides is 3. The summed E-state index contributed by atoms with van der Waals surface area (Å²) in [6.07, 6.45) is -2.07. The van der Waals surface area contributed by atoms with E-state index in [1.807, 2.05) is 6.08 Å². The minimum absolute atomic E-state index is 0.0988. The number of ether oxygens (including phenoxy) is 1. The lowest BCUT2D eigenvalue weighted by molar-refractivity contribution is -0.133. The Labute approximate surface area is 94.9 Å². The molecule has 0 radical (unpaired) electrons. The van der Waals surface area contributed by atoms with Crippen molar-refractivity contribution in [2.24, 2.45) is 0 Å². The normalized spacial score (nSPS) is 13.2. The molecule has 0 amide bonds. The van der Waals surface area contributed by atoms with Crippen LogP contribution in [0.3, 0.4) is 0 Å². The van der Waals surface area contributed by atoms with Crippen molar-refractivity contribution in [2.75, 3.05) is 26.8 Å². The van der Waals surface area contributed by atoms with E-state index < -0.39 is 12.6 Å². The Bertz CT molecular complexity index is 202. The van der Waals surface area contributed by atoms with Gasteiger partial charge in [-0.1, -0.05) is 11.6 Å². The molecule has 0 aliphatic heterocycles. The molecule has 0 rings (SSSR count). The summed E-state index contributed by atoms with van der Waals surface area (Å²) in [4.78, 5) is 0. The number of nitrogens with one attached hydrogen (secondary N) is 1. The third kappa shape index (κ3) is 11.5. The number of methoxy groups -OCH3 is 1. The van der Waals surface area contributed by atoms with E-state index in [2.05, 4.69) is 5.32 Å². The fraction of sp³-hybridized carbons (Fsp3) is 0.818. The lowest BCUT2D eigenvalue weighted by Crippen LogP contribution is -2.19. The Morgan fingerprint density at radius 3 is 2.56 bits per heavy atom. The molecule has 0 bridgehead atoms. The van der Waals surface area contributed by atoms with Gasteiger partial charge in [-0.15, -0.1) is 0 Å². The van der Waals surface area contributed by atoms with Gasteiger partial charge in [0.25, 0.3) is 0 Å². The molecule has 96 valence electrons. The zero-order valence-corrected chi connectivity index (χ0v) is 9.86. The maximum atomic E-state index is 11.9. The molecule has 0 saturated heterocycles. The third-order valence-corrected chi connectivity index (χ3v) is 2.10. The first-order valence-corrected chi connectivity index (χ1v) is 5.38. The van der Waals surface area contributed by atoms with Gasteiger partial charge < -0.3 is 10.1 Å². The standard InChI is InChI=1S/C11H20F3NO/c1-10(5-6-11(12,13)14)4-3-7-15-8-9-16-2/h4,15H,3,5-9H2,1-2H3. The molecule has 0 saturated carbocycles. The van der Waals surface area contributed by atoms with Gasteiger partial charge in [0.2, 0.25) is 0 Å². The van der Waals surface area contributed by atoms with Gasteiger partial charge in [0.1, 0.15) is 0 Å². The van der Waals surface area contributed by atoms with E-state index in [-0.39, 0.29) is 6.42 Å². The first-order valence-electron chi connectivity index (χ1n) is 5.38. The lowest BCUT2D eigenvalue weighted by atomic mass is 10.1. The largest absolute Gasteiger partial charge is 0.389 e. The molecule has 0 aromatic carbocycles. The molecule has 16 heavy (non-hydrogen) atoms. The smallest absolute Gasteiger partial charge is 0.383 e. The van der Waals surface area contributed by atoms with E-state index in [9.17, 15) is 13.2 Å². The average Bonchev–Trinajstić information content (AvgIpc) is 2.19. The molecular formula is C11H20F3NO. The van der Waals surface area contributed by atoms with E-state index in [0.29, 0.717) is 6.61 Å². The molecule has 0 aliphatic carbocycles. The Kier molecular flexibility index (Phi) is 8.29. The van der Waals surface area contributed by atoms with Crippen LogP contribution in [0, 0.1) is 0 Å². The highest BCUT2D eigenvalue weighted by Crippen LogP contribution is 2.23. The van der Waals surface area contributed by atoms with Gasteiger partial charge in [-0.3, -0.25) is 0 Å². The van der Waals surface area contributed by atoms with Crippen molar-refractivity contribution in [3.63, 3.8) is 0 Å². The summed E-state index contributed by atoms with van der Waals surface area (Å²) in [5.74, 6) is 0. The number of hydrogen-bond acceptors (Lipinski definition) is 2. The topological polar surface area (TPSA) is 21.3 Å². The van der Waals surface area contributed by atoms with Crippen LogP contribution in [-0.2, 0) is 4.74 Å². The summed E-state index contributed by atoms with van der Waals surface area (Å²) >= 11 is 0. The van der Waals surface area contributed by atoms with Gasteiger partial charge in [-0.25, -0.2) is 0 Å². The third-order valence-electron chi connectivity index (χ3n) is 2.10. The zero-order valence-electron chi connectivity index (χ0n) is 9.86. The van der Waals surface area contributed by atoms with Crippen molar-refractivity contribution in [3.8, 4) is 0 Å². The van der Waals surface area contributed by atoms with Crippen molar-refractivity contribution in [1.29, 1.82) is 0 Å². The average molecular weight is 239 g/mol. The molecular weight excluding hydrogens is 219 g/mol. The first-order chi connectivity index (χ1) is 7.45. The van der Waals surface area contributed by atoms with Gasteiger partial charge in [-0.2, -0.15) is 13.2 Å². The molecule has 0 unspecified atom stereocenters. The molecule has 2 nitrogen and oxygen atoms in total. The van der Waals surface area contributed by atoms with Gasteiger partial charge in [0, 0.05) is 20.1 Å². The van der Waals surface area contributed by atoms with Crippen LogP contribution in [0.5, 0.6) is 0 Å². The van der Waals surface area contributed by atoms with Gasteiger partial charge in [-0.05, 0) is 26.3 Å². The maximum Gasteiger partial charge on any atom is 0.389 e. The molecule has 0 aromatic rings. The Morgan fingerprint density at radius 2 is 2.00 bits per heavy atom. The SMILES string of the molecule is COCCNCCC=C(C)CCC(F)(F)F. The lowest BCUT2D eigenvalue weighted by Gasteiger charge is -2.06. The van der Waals surface area contributed by atoms with Crippen LogP contribution in [-0.4, -0.2) is 33.0 Å². The van der Waals surface area contributed by atoms with Crippen molar-refractivity contribution in [1.82, 2.24) is 5.32 Å². The van der Waals surface area contributed by atoms with Crippen LogP contribution in [0.15, 0.2) is 11.6 Å². The second kappa shape index (κ2) is 8.58. The summed E-state index contributed by atoms with van der Waals surface area (Å²) in [6.45, 7) is 3.93. The van der Waals surface area contributed by atoms with Crippen molar-refractivity contribution >= 4 is 0 Å². The van der Waals surface area contributed by atoms with Gasteiger partial charge in [0.05, 0.1) is 6.61 Å². The summed E-state index contributed by atoms with van der Waals surface area (Å²) in [7, 11) is 1.63. The van der Waals surface area contributed by atoms with E-state index in [4.69, 9.17) is 4.74 Å². The molecule has 0 atom stereocenters. The highest BCUT2D eigenvalue weighted by Gasteiger charge is 2.26. The van der Waals surface area contributed by atoms with E-state index >= 15 is 0 Å². The van der Waals surface area contributed by atoms with Gasteiger partial charge in [0.15, 0.2) is 0 Å². The summed E-state index contributed by atoms with van der Waals surface area (Å²) in [5.41, 5.74) is 0.797. The first kappa shape index (κ1) is 15.4. The fourth-order valence-corrected chi connectivity index (χ4v) is 1.16. The van der Waals surface area contributed by atoms with E-state index in [0.717, 1.165) is 25.1 Å². The highest BCUT2D eigenvalue weighted by atomic mass is 19.4. The minimum Gasteiger partial charge on any atom is -0.383 e. The molecule has 0 heterocycles. The predicted molar refractivity (Wildman–Crippen MR) is 58.4 cm³/mol. The molecule has 1 N–H and O–H groups in total. The van der Waals surface area contributed by atoms with Gasteiger partial charge >= 0.3 is 6.18 Å².